The Hall–Kier alpha value is -9.15. The molecular formula is C88H91B4BrMnN4O25S9. The number of para-hydroxylation sites is 6. The molecule has 6 aliphatic heterocycles. The number of phenols is 4. The van der Waals surface area contributed by atoms with Gasteiger partial charge >= 0.3 is 61.8 Å². The summed E-state index contributed by atoms with van der Waals surface area (Å²) in [6.07, 6.45) is 4.18. The van der Waals surface area contributed by atoms with Crippen LogP contribution in [0.4, 0.5) is 0 Å². The Morgan fingerprint density at radius 2 is 0.970 bits per heavy atom. The van der Waals surface area contributed by atoms with Gasteiger partial charge < -0.3 is 98.3 Å². The number of phenolic OH excluding ortho intramolecular Hbond substituents is 2. The molecule has 1 unspecified atom stereocenters. The Kier molecular flexibility index (Phi) is 51.4. The third-order valence-electron chi connectivity index (χ3n) is 17.9. The quantitative estimate of drug-likeness (QED) is 0.0107. The number of hydrogen-bond acceptors (Lipinski definition) is 32. The Bertz CT molecular complexity index is 5570. The number of hydrogen-bond donors (Lipinski definition) is 13. The summed E-state index contributed by atoms with van der Waals surface area (Å²) in [7, 11) is 2.98. The molecule has 29 nitrogen and oxygen atoms in total. The number of rotatable bonds is 16. The van der Waals surface area contributed by atoms with E-state index in [9.17, 15) is 43.9 Å². The van der Waals surface area contributed by atoms with Crippen molar-refractivity contribution in [1.29, 1.82) is 5.26 Å². The van der Waals surface area contributed by atoms with Crippen LogP contribution in [0.1, 0.15) is 137 Å². The van der Waals surface area contributed by atoms with Crippen molar-refractivity contribution in [2.24, 2.45) is 0 Å². The summed E-state index contributed by atoms with van der Waals surface area (Å²) >= 11 is 21.7. The topological polar surface area (TPSA) is 440 Å². The minimum atomic E-state index is -1.44. The van der Waals surface area contributed by atoms with Crippen molar-refractivity contribution in [3.8, 4) is 40.6 Å². The van der Waals surface area contributed by atoms with E-state index < -0.39 is 65.3 Å². The van der Waals surface area contributed by atoms with Crippen molar-refractivity contribution in [1.82, 2.24) is 0 Å². The molecule has 2 fully saturated rings. The second-order valence-corrected chi connectivity index (χ2v) is 37.9. The van der Waals surface area contributed by atoms with Gasteiger partial charge in [0.1, 0.15) is 59.8 Å². The van der Waals surface area contributed by atoms with E-state index in [4.69, 9.17) is 109 Å². The number of aliphatic carboxylic acids is 1. The van der Waals surface area contributed by atoms with Crippen molar-refractivity contribution in [2.75, 3.05) is 35.3 Å². The number of thiol groups is 3. The van der Waals surface area contributed by atoms with Gasteiger partial charge in [-0.3, -0.25) is 19.2 Å². The van der Waals surface area contributed by atoms with Crippen LogP contribution in [0.2, 0.25) is 0 Å². The van der Waals surface area contributed by atoms with Crippen LogP contribution in [0.25, 0.3) is 14.5 Å². The average molecular weight is 2070 g/mol. The average Bonchev–Trinajstić information content (AvgIpc) is 1.61. The Morgan fingerprint density at radius 3 is 1.41 bits per heavy atom. The number of carboxylic acid groups (broad SMARTS) is 3. The van der Waals surface area contributed by atoms with Crippen LogP contribution in [0.15, 0.2) is 214 Å². The fourth-order valence-corrected chi connectivity index (χ4v) is 16.9. The second kappa shape index (κ2) is 58.9. The van der Waals surface area contributed by atoms with Gasteiger partial charge in [0.15, 0.2) is 22.4 Å². The maximum atomic E-state index is 11.4. The molecule has 0 amide bonds. The summed E-state index contributed by atoms with van der Waals surface area (Å²) in [5, 5.41) is 98.6. The predicted octanol–water partition coefficient (Wildman–Crippen LogP) is 16.4. The van der Waals surface area contributed by atoms with Crippen molar-refractivity contribution < 1.29 is 135 Å². The summed E-state index contributed by atoms with van der Waals surface area (Å²) in [6, 6.07) is 51.0. The molecule has 44 heteroatoms. The zero-order valence-corrected chi connectivity index (χ0v) is 82.3. The molecule has 2 radical (unpaired) electrons. The number of carbonyl (C=O) groups excluding carboxylic acids is 3. The van der Waals surface area contributed by atoms with Crippen LogP contribution in [-0.2, 0) is 70.5 Å². The SMILES string of the molecule is CC1(C)Oc2c(cccc2C(=O)O)S1.CC1(C)Oc2ccccc2S1.N#CCBr.O=C(O)CSc1cccc2c1B(O)OC2.O=C(O)c1cccc(S)c1O.O=Cc1cccc(S)c1O.OCc1cccc(S)c1O.[B]C1CCCO1.[C-]#[N+]CSc1cccc(C=O)c1B1OC(C)(C)C(C)(C)O1.[C-]#[N+]CSc1cccc(C=O)c1O.[C-]#[N+]CSc1cccc2c1B(O)OC2.[O]=[Mn]=[O]. The summed E-state index contributed by atoms with van der Waals surface area (Å²) in [6.45, 7) is 37.7. The van der Waals surface area contributed by atoms with Gasteiger partial charge in [0.05, 0.1) is 74.0 Å². The first kappa shape index (κ1) is 115. The van der Waals surface area contributed by atoms with Crippen molar-refractivity contribution in [3.63, 3.8) is 0 Å². The number of aldehydes is 3. The number of benzene rings is 9. The van der Waals surface area contributed by atoms with Crippen molar-refractivity contribution >= 4 is 207 Å². The summed E-state index contributed by atoms with van der Waals surface area (Å²) in [5.41, 5.74) is 4.98. The molecule has 693 valence electrons. The molecular weight excluding hydrogens is 1980 g/mol. The van der Waals surface area contributed by atoms with E-state index in [0.29, 0.717) is 79.9 Å². The van der Waals surface area contributed by atoms with Gasteiger partial charge in [-0.05, 0) is 200 Å². The predicted molar refractivity (Wildman–Crippen MR) is 520 cm³/mol. The third kappa shape index (κ3) is 37.3. The molecule has 6 heterocycles. The van der Waals surface area contributed by atoms with Crippen molar-refractivity contribution in [3.05, 3.63) is 249 Å². The number of alkyl halides is 1. The number of aliphatic hydroxyl groups excluding tert-OH is 1. The van der Waals surface area contributed by atoms with Crippen LogP contribution in [0.3, 0.4) is 0 Å². The van der Waals surface area contributed by atoms with E-state index in [-0.39, 0.29) is 84.3 Å². The molecule has 0 bridgehead atoms. The molecule has 0 spiro atoms. The second-order valence-electron chi connectivity index (χ2n) is 28.5. The molecule has 0 aliphatic carbocycles. The molecule has 15 rings (SSSR count). The summed E-state index contributed by atoms with van der Waals surface area (Å²) < 4.78 is 55.2. The number of fused-ring (bicyclic) bond motifs is 4. The fraction of sp³-hybridized carbons (Fsp3) is 0.273. The molecule has 132 heavy (non-hydrogen) atoms. The molecule has 0 aromatic heterocycles. The number of aliphatic hydroxyl groups is 1. The normalized spacial score (nSPS) is 14.5. The fourth-order valence-electron chi connectivity index (χ4n) is 11.2. The van der Waals surface area contributed by atoms with Gasteiger partial charge in [-0.1, -0.05) is 124 Å². The van der Waals surface area contributed by atoms with Crippen LogP contribution in [0, 0.1) is 31.0 Å². The number of nitriles is 1. The summed E-state index contributed by atoms with van der Waals surface area (Å²) in [5.74, 6) is -0.859. The Morgan fingerprint density at radius 1 is 0.561 bits per heavy atom. The monoisotopic (exact) mass is 2070 g/mol. The standard InChI is InChI=1S/C15H18BNO3S.C10H10O3S.C9H8BNO2S.C9H9BO4S.C9H7NO2S.C9H10OS.C7H6O3S.C7H8O2S.C7H6O2S.C4H7BO.C2H2BrN.Mn.2O/c1-14(2)15(3,4)20-16(19-14)13-11(9-18)7-6-8-12(13)21-10-17-5;1-10(2)13-8-6(9(11)12)4-3-5-7(8)14-10;1-11-6-14-8-4-2-3-7-5-13-10(12)9(7)8;11-8(12)5-15-7-3-1-2-6-4-14-10(13)9(6)7;1-10-6-13-8-4-2-3-7(5-11)9(8)12;1-9(2)10-7-5-3-4-6-8(7)11-9;8-6-4(7(9)10)2-1-3-5(6)11;2*8-4-5-2-1-3-6(10)7(5)9;5-4-2-1-3-6-4;3-1-2-4;;;/h6-9H,10H2,1-4H3;3-5H,1-2H3,(H,11,12);2-4,12H,5-6H2;1-3,13H,4-5H2,(H,11,12);2-5,12H,6H2;3-6H,1-2H3;1-3,8,11H,(H,9,10);1-3,8-10H,4H2;1-4,9-10H;4H,1-3H2;1H2;;;. The van der Waals surface area contributed by atoms with E-state index in [1.54, 1.807) is 78.5 Å². The van der Waals surface area contributed by atoms with E-state index >= 15 is 0 Å². The number of carbonyl (C=O) groups is 6. The molecule has 9 aromatic carbocycles. The van der Waals surface area contributed by atoms with Gasteiger partial charge in [0, 0.05) is 69.5 Å². The van der Waals surface area contributed by atoms with Crippen LogP contribution < -0.4 is 25.9 Å². The third-order valence-corrected chi connectivity index (χ3v) is 25.3. The van der Waals surface area contributed by atoms with Crippen LogP contribution in [0.5, 0.6) is 34.5 Å². The van der Waals surface area contributed by atoms with Gasteiger partial charge in [-0.25, -0.2) is 29.3 Å². The Labute approximate surface area is 823 Å². The van der Waals surface area contributed by atoms with Crippen molar-refractivity contribution in [2.45, 2.75) is 159 Å². The first-order chi connectivity index (χ1) is 62.6. The molecule has 6 aliphatic rings. The van der Waals surface area contributed by atoms with E-state index in [1.807, 2.05) is 114 Å². The first-order valence-electron chi connectivity index (χ1n) is 38.6. The number of aromatic carboxylic acids is 2. The van der Waals surface area contributed by atoms with E-state index in [1.165, 1.54) is 94.0 Å². The Balaban J connectivity index is 0.000000308. The number of nitrogens with zero attached hydrogens (tertiary/aromatic N) is 4. The zero-order chi connectivity index (χ0) is 98.5. The maximum absolute atomic E-state index is 11.4. The van der Waals surface area contributed by atoms with Crippen LogP contribution >= 0.6 is 124 Å². The number of thioether (sulfide) groups is 6. The van der Waals surface area contributed by atoms with Gasteiger partial charge in [-0.15, -0.1) is 49.6 Å². The minimum absolute atomic E-state index is 0.0107. The molecule has 10 N–H and O–H groups in total. The van der Waals surface area contributed by atoms with Gasteiger partial charge in [-0.2, -0.15) is 5.26 Å². The van der Waals surface area contributed by atoms with Gasteiger partial charge in [0.25, 0.3) is 17.6 Å². The first-order valence-corrected chi connectivity index (χ1v) is 47.6. The van der Waals surface area contributed by atoms with E-state index in [0.717, 1.165) is 73.1 Å². The number of aromatic hydroxyl groups is 4. The van der Waals surface area contributed by atoms with Gasteiger partial charge in [0.2, 0.25) is 0 Å². The zero-order valence-electron chi connectivity index (χ0n) is 72.0. The molecule has 1 atom stereocenters. The number of halogens is 1. The molecule has 2 saturated heterocycles. The molecule has 9 aromatic rings. The van der Waals surface area contributed by atoms with Crippen LogP contribution in [-0.4, -0.2) is 179 Å². The van der Waals surface area contributed by atoms with E-state index in [2.05, 4.69) is 88.3 Å². The summed E-state index contributed by atoms with van der Waals surface area (Å²) in [4.78, 5) is 79.5. The number of carboxylic acids is 3. The molecule has 0 saturated carbocycles. The number of ether oxygens (including phenoxy) is 3.